The first-order valence-electron chi connectivity index (χ1n) is 4.12. The lowest BCUT2D eigenvalue weighted by molar-refractivity contribution is 0.835. The Labute approximate surface area is 98.9 Å². The SMILES string of the molecule is CC(N)c1cnc(-c2cscc2Br)s1. The molecule has 2 aromatic heterocycles. The fraction of sp³-hybridized carbons (Fsp3) is 0.222. The molecule has 2 N–H and O–H groups in total. The molecule has 0 aromatic carbocycles. The van der Waals surface area contributed by atoms with Gasteiger partial charge in [0.05, 0.1) is 0 Å². The van der Waals surface area contributed by atoms with Gasteiger partial charge >= 0.3 is 0 Å². The van der Waals surface area contributed by atoms with Gasteiger partial charge in [-0.25, -0.2) is 4.98 Å². The summed E-state index contributed by atoms with van der Waals surface area (Å²) in [5.74, 6) is 0. The predicted molar refractivity (Wildman–Crippen MR) is 65.7 cm³/mol. The zero-order chi connectivity index (χ0) is 10.1. The van der Waals surface area contributed by atoms with Gasteiger partial charge in [-0.15, -0.1) is 11.3 Å². The topological polar surface area (TPSA) is 38.9 Å². The van der Waals surface area contributed by atoms with E-state index in [1.165, 1.54) is 0 Å². The molecule has 1 unspecified atom stereocenters. The van der Waals surface area contributed by atoms with E-state index in [0.29, 0.717) is 0 Å². The lowest BCUT2D eigenvalue weighted by atomic mass is 10.3. The van der Waals surface area contributed by atoms with E-state index in [-0.39, 0.29) is 6.04 Å². The number of nitrogens with two attached hydrogens (primary N) is 1. The Morgan fingerprint density at radius 1 is 1.50 bits per heavy atom. The van der Waals surface area contributed by atoms with E-state index in [1.807, 2.05) is 13.1 Å². The molecule has 0 saturated heterocycles. The van der Waals surface area contributed by atoms with Crippen molar-refractivity contribution >= 4 is 38.6 Å². The highest BCUT2D eigenvalue weighted by atomic mass is 79.9. The highest BCUT2D eigenvalue weighted by molar-refractivity contribution is 9.10. The van der Waals surface area contributed by atoms with Crippen LogP contribution in [-0.4, -0.2) is 4.98 Å². The van der Waals surface area contributed by atoms with E-state index >= 15 is 0 Å². The summed E-state index contributed by atoms with van der Waals surface area (Å²) in [6.45, 7) is 1.97. The summed E-state index contributed by atoms with van der Waals surface area (Å²) in [6.07, 6.45) is 1.86. The monoisotopic (exact) mass is 288 g/mol. The molecule has 0 bridgehead atoms. The number of thiazole rings is 1. The molecule has 0 aliphatic carbocycles. The fourth-order valence-corrected chi connectivity index (χ4v) is 3.63. The number of nitrogens with zero attached hydrogens (tertiary/aromatic N) is 1. The number of thiophene rings is 1. The second-order valence-electron chi connectivity index (χ2n) is 2.99. The summed E-state index contributed by atoms with van der Waals surface area (Å²) in [6, 6.07) is 0.0682. The molecule has 2 heterocycles. The molecule has 14 heavy (non-hydrogen) atoms. The minimum absolute atomic E-state index is 0.0682. The van der Waals surface area contributed by atoms with Crippen LogP contribution < -0.4 is 5.73 Å². The summed E-state index contributed by atoms with van der Waals surface area (Å²) in [5.41, 5.74) is 6.94. The van der Waals surface area contributed by atoms with E-state index in [0.717, 1.165) is 19.9 Å². The number of halogens is 1. The van der Waals surface area contributed by atoms with Gasteiger partial charge in [-0.2, -0.15) is 11.3 Å². The van der Waals surface area contributed by atoms with E-state index in [9.17, 15) is 0 Å². The Kier molecular flexibility index (Phi) is 3.02. The molecule has 2 aromatic rings. The van der Waals surface area contributed by atoms with Crippen molar-refractivity contribution in [3.63, 3.8) is 0 Å². The van der Waals surface area contributed by atoms with Crippen molar-refractivity contribution in [2.75, 3.05) is 0 Å². The third-order valence-corrected chi connectivity index (χ3v) is 4.75. The molecule has 2 nitrogen and oxygen atoms in total. The van der Waals surface area contributed by atoms with Crippen molar-refractivity contribution in [1.82, 2.24) is 4.98 Å². The van der Waals surface area contributed by atoms with Gasteiger partial charge in [-0.05, 0) is 22.9 Å². The molecular formula is C9H9BrN2S2. The zero-order valence-electron chi connectivity index (χ0n) is 7.53. The van der Waals surface area contributed by atoms with Crippen LogP contribution in [0.2, 0.25) is 0 Å². The van der Waals surface area contributed by atoms with Crippen molar-refractivity contribution in [3.05, 3.63) is 26.3 Å². The summed E-state index contributed by atoms with van der Waals surface area (Å²) < 4.78 is 1.10. The maximum atomic E-state index is 5.78. The third kappa shape index (κ3) is 1.91. The lowest BCUT2D eigenvalue weighted by Gasteiger charge is -1.96. The van der Waals surface area contributed by atoms with Crippen LogP contribution in [0.5, 0.6) is 0 Å². The van der Waals surface area contributed by atoms with Gasteiger partial charge in [0.2, 0.25) is 0 Å². The molecule has 0 spiro atoms. The first-order valence-corrected chi connectivity index (χ1v) is 6.67. The second-order valence-corrected chi connectivity index (χ2v) is 5.65. The Morgan fingerprint density at radius 3 is 2.79 bits per heavy atom. The van der Waals surface area contributed by atoms with Crippen LogP contribution in [0.15, 0.2) is 21.4 Å². The van der Waals surface area contributed by atoms with Gasteiger partial charge in [-0.3, -0.25) is 0 Å². The highest BCUT2D eigenvalue weighted by Crippen LogP contribution is 2.35. The number of hydrogen-bond acceptors (Lipinski definition) is 4. The van der Waals surface area contributed by atoms with E-state index in [4.69, 9.17) is 5.73 Å². The Bertz CT molecular complexity index is 433. The third-order valence-electron chi connectivity index (χ3n) is 1.82. The van der Waals surface area contributed by atoms with Crippen LogP contribution in [0.25, 0.3) is 10.6 Å². The molecule has 0 radical (unpaired) electrons. The first kappa shape index (κ1) is 10.3. The second kappa shape index (κ2) is 4.10. The number of rotatable bonds is 2. The summed E-state index contributed by atoms with van der Waals surface area (Å²) in [4.78, 5) is 5.48. The molecule has 0 fully saturated rings. The standard InChI is InChI=1S/C9H9BrN2S2/c1-5(11)8-2-12-9(14-8)6-3-13-4-7(6)10/h2-5H,11H2,1H3. The van der Waals surface area contributed by atoms with Crippen LogP contribution in [-0.2, 0) is 0 Å². The fourth-order valence-electron chi connectivity index (χ4n) is 1.06. The smallest absolute Gasteiger partial charge is 0.125 e. The van der Waals surface area contributed by atoms with Crippen molar-refractivity contribution in [2.24, 2.45) is 5.73 Å². The molecule has 0 aliphatic heterocycles. The average Bonchev–Trinajstić information content (AvgIpc) is 2.71. The number of hydrogen-bond donors (Lipinski definition) is 1. The van der Waals surface area contributed by atoms with Gasteiger partial charge in [0.1, 0.15) is 5.01 Å². The van der Waals surface area contributed by atoms with Gasteiger partial charge in [0.15, 0.2) is 0 Å². The number of aromatic nitrogens is 1. The van der Waals surface area contributed by atoms with Crippen molar-refractivity contribution in [3.8, 4) is 10.6 Å². The molecule has 5 heteroatoms. The Hall–Kier alpha value is -0.230. The van der Waals surface area contributed by atoms with E-state index in [2.05, 4.69) is 31.7 Å². The lowest BCUT2D eigenvalue weighted by Crippen LogP contribution is -2.01. The van der Waals surface area contributed by atoms with Crippen molar-refractivity contribution in [1.29, 1.82) is 0 Å². The summed E-state index contributed by atoms with van der Waals surface area (Å²) in [7, 11) is 0. The minimum Gasteiger partial charge on any atom is -0.323 e. The molecule has 0 aliphatic rings. The van der Waals surface area contributed by atoms with Crippen LogP contribution in [0.1, 0.15) is 17.8 Å². The van der Waals surface area contributed by atoms with Crippen LogP contribution in [0.4, 0.5) is 0 Å². The Balaban J connectivity index is 2.39. The molecule has 0 saturated carbocycles. The maximum absolute atomic E-state index is 5.78. The summed E-state index contributed by atoms with van der Waals surface area (Å²) in [5, 5.41) is 5.18. The highest BCUT2D eigenvalue weighted by Gasteiger charge is 2.10. The molecule has 0 amide bonds. The molecule has 1 atom stereocenters. The average molecular weight is 289 g/mol. The first-order chi connectivity index (χ1) is 6.68. The predicted octanol–water partition coefficient (Wildman–Crippen LogP) is 3.65. The normalized spacial score (nSPS) is 13.1. The Morgan fingerprint density at radius 2 is 2.29 bits per heavy atom. The van der Waals surface area contributed by atoms with E-state index in [1.54, 1.807) is 22.7 Å². The van der Waals surface area contributed by atoms with Gasteiger partial charge in [-0.1, -0.05) is 0 Å². The molecule has 2 rings (SSSR count). The molecular weight excluding hydrogens is 280 g/mol. The van der Waals surface area contributed by atoms with Gasteiger partial charge in [0.25, 0.3) is 0 Å². The van der Waals surface area contributed by atoms with Crippen molar-refractivity contribution in [2.45, 2.75) is 13.0 Å². The quantitative estimate of drug-likeness (QED) is 0.916. The van der Waals surface area contributed by atoms with Gasteiger partial charge < -0.3 is 5.73 Å². The van der Waals surface area contributed by atoms with Crippen LogP contribution in [0.3, 0.4) is 0 Å². The molecule has 74 valence electrons. The van der Waals surface area contributed by atoms with Crippen LogP contribution >= 0.6 is 38.6 Å². The maximum Gasteiger partial charge on any atom is 0.125 e. The summed E-state index contributed by atoms with van der Waals surface area (Å²) >= 11 is 6.82. The van der Waals surface area contributed by atoms with Crippen LogP contribution in [0, 0.1) is 0 Å². The largest absolute Gasteiger partial charge is 0.323 e. The van der Waals surface area contributed by atoms with Gasteiger partial charge in [0, 0.05) is 37.9 Å². The zero-order valence-corrected chi connectivity index (χ0v) is 10.7. The van der Waals surface area contributed by atoms with Crippen molar-refractivity contribution < 1.29 is 0 Å². The minimum atomic E-state index is 0.0682. The van der Waals surface area contributed by atoms with E-state index < -0.39 is 0 Å².